The Labute approximate surface area is 118 Å². The van der Waals surface area contributed by atoms with Gasteiger partial charge in [0.2, 0.25) is 0 Å². The fraction of sp³-hybridized carbons (Fsp3) is 0.462. The van der Waals surface area contributed by atoms with Gasteiger partial charge >= 0.3 is 0 Å². The SMILES string of the molecule is CN(C)CCCNC(C#N)c1cccc(Cl)c1Cl. The lowest BCUT2D eigenvalue weighted by atomic mass is 10.1. The van der Waals surface area contributed by atoms with Crippen LogP contribution in [0.3, 0.4) is 0 Å². The van der Waals surface area contributed by atoms with Crippen LogP contribution in [0, 0.1) is 11.3 Å². The van der Waals surface area contributed by atoms with Gasteiger partial charge in [-0.25, -0.2) is 0 Å². The van der Waals surface area contributed by atoms with Crippen LogP contribution in [0.15, 0.2) is 18.2 Å². The molecule has 5 heteroatoms. The van der Waals surface area contributed by atoms with E-state index < -0.39 is 6.04 Å². The van der Waals surface area contributed by atoms with Gasteiger partial charge in [-0.15, -0.1) is 0 Å². The number of nitriles is 1. The molecule has 0 aliphatic carbocycles. The maximum atomic E-state index is 9.18. The summed E-state index contributed by atoms with van der Waals surface area (Å²) in [4.78, 5) is 2.11. The Morgan fingerprint density at radius 2 is 2.11 bits per heavy atom. The minimum atomic E-state index is -0.418. The van der Waals surface area contributed by atoms with E-state index in [1.807, 2.05) is 20.2 Å². The molecule has 0 heterocycles. The molecule has 1 N–H and O–H groups in total. The highest BCUT2D eigenvalue weighted by Crippen LogP contribution is 2.29. The molecule has 18 heavy (non-hydrogen) atoms. The van der Waals surface area contributed by atoms with Crippen molar-refractivity contribution in [3.63, 3.8) is 0 Å². The molecule has 0 aliphatic heterocycles. The topological polar surface area (TPSA) is 39.1 Å². The highest BCUT2D eigenvalue weighted by Gasteiger charge is 2.14. The van der Waals surface area contributed by atoms with Gasteiger partial charge in [0.05, 0.1) is 16.1 Å². The van der Waals surface area contributed by atoms with Crippen molar-refractivity contribution in [3.8, 4) is 6.07 Å². The molecular weight excluding hydrogens is 269 g/mol. The van der Waals surface area contributed by atoms with Gasteiger partial charge in [-0.3, -0.25) is 5.32 Å². The quantitative estimate of drug-likeness (QED) is 0.817. The van der Waals surface area contributed by atoms with Gasteiger partial charge in [-0.05, 0) is 39.7 Å². The molecule has 1 aromatic rings. The summed E-state index contributed by atoms with van der Waals surface area (Å²) in [6.07, 6.45) is 0.976. The summed E-state index contributed by atoms with van der Waals surface area (Å²) < 4.78 is 0. The van der Waals surface area contributed by atoms with Gasteiger partial charge in [0, 0.05) is 5.56 Å². The van der Waals surface area contributed by atoms with Gasteiger partial charge in [-0.2, -0.15) is 5.26 Å². The first-order chi connectivity index (χ1) is 8.56. The number of nitrogens with zero attached hydrogens (tertiary/aromatic N) is 2. The molecule has 0 bridgehead atoms. The number of hydrogen-bond donors (Lipinski definition) is 1. The fourth-order valence-corrected chi connectivity index (χ4v) is 2.03. The molecular formula is C13H17Cl2N3. The Kier molecular flexibility index (Phi) is 6.45. The van der Waals surface area contributed by atoms with Crippen LogP contribution in [0.1, 0.15) is 18.0 Å². The van der Waals surface area contributed by atoms with Crippen LogP contribution in [0.5, 0.6) is 0 Å². The van der Waals surface area contributed by atoms with E-state index in [2.05, 4.69) is 16.3 Å². The van der Waals surface area contributed by atoms with Crippen molar-refractivity contribution in [2.24, 2.45) is 0 Å². The highest BCUT2D eigenvalue weighted by atomic mass is 35.5. The minimum absolute atomic E-state index is 0.418. The molecule has 1 unspecified atom stereocenters. The van der Waals surface area contributed by atoms with Crippen molar-refractivity contribution in [1.29, 1.82) is 5.26 Å². The molecule has 0 saturated carbocycles. The molecule has 98 valence electrons. The lowest BCUT2D eigenvalue weighted by molar-refractivity contribution is 0.392. The zero-order valence-electron chi connectivity index (χ0n) is 10.6. The average Bonchev–Trinajstić information content (AvgIpc) is 2.33. The third kappa shape index (κ3) is 4.47. The number of nitrogens with one attached hydrogen (secondary N) is 1. The van der Waals surface area contributed by atoms with Gasteiger partial charge in [0.25, 0.3) is 0 Å². The molecule has 1 aromatic carbocycles. The van der Waals surface area contributed by atoms with Crippen LogP contribution < -0.4 is 5.32 Å². The maximum absolute atomic E-state index is 9.18. The van der Waals surface area contributed by atoms with E-state index in [0.717, 1.165) is 25.1 Å². The summed E-state index contributed by atoms with van der Waals surface area (Å²) in [5, 5.41) is 13.3. The van der Waals surface area contributed by atoms with E-state index in [1.54, 1.807) is 12.1 Å². The predicted molar refractivity (Wildman–Crippen MR) is 76.0 cm³/mol. The van der Waals surface area contributed by atoms with Crippen LogP contribution in [0.2, 0.25) is 10.0 Å². The maximum Gasteiger partial charge on any atom is 0.122 e. The molecule has 0 aromatic heterocycles. The van der Waals surface area contributed by atoms with Crippen LogP contribution in [0.4, 0.5) is 0 Å². The Bertz CT molecular complexity index is 427. The Balaban J connectivity index is 2.61. The minimum Gasteiger partial charge on any atom is -0.309 e. The Morgan fingerprint density at radius 1 is 1.39 bits per heavy atom. The largest absolute Gasteiger partial charge is 0.309 e. The summed E-state index contributed by atoms with van der Waals surface area (Å²) in [7, 11) is 4.05. The predicted octanol–water partition coefficient (Wildman–Crippen LogP) is 3.10. The van der Waals surface area contributed by atoms with Crippen LogP contribution in [0.25, 0.3) is 0 Å². The lowest BCUT2D eigenvalue weighted by Crippen LogP contribution is -2.24. The third-order valence-corrected chi connectivity index (χ3v) is 3.39. The van der Waals surface area contributed by atoms with Crippen LogP contribution >= 0.6 is 23.2 Å². The smallest absolute Gasteiger partial charge is 0.122 e. The van der Waals surface area contributed by atoms with Gasteiger partial charge < -0.3 is 4.90 Å². The number of hydrogen-bond acceptors (Lipinski definition) is 3. The Morgan fingerprint density at radius 3 is 2.72 bits per heavy atom. The first kappa shape index (κ1) is 15.3. The zero-order chi connectivity index (χ0) is 13.5. The molecule has 0 amide bonds. The van der Waals surface area contributed by atoms with Crippen molar-refractivity contribution in [2.75, 3.05) is 27.2 Å². The first-order valence-corrected chi connectivity index (χ1v) is 6.53. The molecule has 0 radical (unpaired) electrons. The van der Waals surface area contributed by atoms with Crippen molar-refractivity contribution in [2.45, 2.75) is 12.5 Å². The number of rotatable bonds is 6. The summed E-state index contributed by atoms with van der Waals surface area (Å²) >= 11 is 12.0. The molecule has 0 aliphatic rings. The number of halogens is 2. The summed E-state index contributed by atoms with van der Waals surface area (Å²) in [5.41, 5.74) is 0.733. The summed E-state index contributed by atoms with van der Waals surface area (Å²) in [6, 6.07) is 7.13. The highest BCUT2D eigenvalue weighted by molar-refractivity contribution is 6.42. The van der Waals surface area contributed by atoms with E-state index >= 15 is 0 Å². The second-order valence-electron chi connectivity index (χ2n) is 4.32. The Hall–Kier alpha value is -0.790. The van der Waals surface area contributed by atoms with E-state index in [0.29, 0.717) is 10.0 Å². The van der Waals surface area contributed by atoms with Gasteiger partial charge in [-0.1, -0.05) is 35.3 Å². The molecule has 0 spiro atoms. The number of benzene rings is 1. The molecule has 1 rings (SSSR count). The van der Waals surface area contributed by atoms with E-state index in [4.69, 9.17) is 23.2 Å². The van der Waals surface area contributed by atoms with Crippen molar-refractivity contribution in [1.82, 2.24) is 10.2 Å². The first-order valence-electron chi connectivity index (χ1n) is 5.78. The van der Waals surface area contributed by atoms with E-state index in [9.17, 15) is 5.26 Å². The summed E-state index contributed by atoms with van der Waals surface area (Å²) in [5.74, 6) is 0. The van der Waals surface area contributed by atoms with Crippen molar-refractivity contribution in [3.05, 3.63) is 33.8 Å². The molecule has 0 saturated heterocycles. The van der Waals surface area contributed by atoms with Crippen LogP contribution in [-0.2, 0) is 0 Å². The van der Waals surface area contributed by atoms with E-state index in [-0.39, 0.29) is 0 Å². The monoisotopic (exact) mass is 285 g/mol. The van der Waals surface area contributed by atoms with Gasteiger partial charge in [0.15, 0.2) is 0 Å². The zero-order valence-corrected chi connectivity index (χ0v) is 12.1. The second kappa shape index (κ2) is 7.60. The second-order valence-corrected chi connectivity index (χ2v) is 5.10. The van der Waals surface area contributed by atoms with Crippen LogP contribution in [-0.4, -0.2) is 32.1 Å². The third-order valence-electron chi connectivity index (χ3n) is 2.55. The van der Waals surface area contributed by atoms with Gasteiger partial charge in [0.1, 0.15) is 6.04 Å². The normalized spacial score (nSPS) is 12.4. The van der Waals surface area contributed by atoms with Crippen molar-refractivity contribution < 1.29 is 0 Å². The summed E-state index contributed by atoms with van der Waals surface area (Å²) in [6.45, 7) is 1.74. The lowest BCUT2D eigenvalue weighted by Gasteiger charge is -2.15. The van der Waals surface area contributed by atoms with E-state index in [1.165, 1.54) is 0 Å². The average molecular weight is 286 g/mol. The molecule has 0 fully saturated rings. The standard InChI is InChI=1S/C13H17Cl2N3/c1-18(2)8-4-7-17-12(9-16)10-5-3-6-11(14)13(10)15/h3,5-6,12,17H,4,7-8H2,1-2H3. The fourth-order valence-electron chi connectivity index (χ4n) is 1.61. The molecule has 1 atom stereocenters. The molecule has 3 nitrogen and oxygen atoms in total. The van der Waals surface area contributed by atoms with Crippen molar-refractivity contribution >= 4 is 23.2 Å².